The molecule has 0 fully saturated rings. The van der Waals surface area contributed by atoms with Gasteiger partial charge in [0.05, 0.1) is 10.6 Å². The van der Waals surface area contributed by atoms with Gasteiger partial charge in [-0.05, 0) is 74.4 Å². The highest BCUT2D eigenvalue weighted by atomic mass is 32.2. The first-order valence-electron chi connectivity index (χ1n) is 12.2. The number of nitrogens with one attached hydrogen (secondary N) is 1. The maximum absolute atomic E-state index is 13.7. The van der Waals surface area contributed by atoms with E-state index in [1.165, 1.54) is 41.3 Å². The average Bonchev–Trinajstić information content (AvgIpc) is 2.91. The van der Waals surface area contributed by atoms with Crippen molar-refractivity contribution in [2.45, 2.75) is 50.7 Å². The van der Waals surface area contributed by atoms with E-state index < -0.39 is 46.1 Å². The molecule has 0 radical (unpaired) electrons. The first-order chi connectivity index (χ1) is 18.0. The summed E-state index contributed by atoms with van der Waals surface area (Å²) in [5.41, 5.74) is 0.791. The number of para-hydroxylation sites is 1. The monoisotopic (exact) mass is 543 g/mol. The second kappa shape index (κ2) is 12.6. The predicted molar refractivity (Wildman–Crippen MR) is 142 cm³/mol. The van der Waals surface area contributed by atoms with Crippen molar-refractivity contribution >= 4 is 27.5 Å². The van der Waals surface area contributed by atoms with E-state index >= 15 is 0 Å². The molecular weight excluding hydrogens is 512 g/mol. The molecule has 0 bridgehead atoms. The summed E-state index contributed by atoms with van der Waals surface area (Å²) >= 11 is 0. The molecule has 0 aliphatic heterocycles. The van der Waals surface area contributed by atoms with Crippen LogP contribution in [0.3, 0.4) is 0 Å². The zero-order valence-corrected chi connectivity index (χ0v) is 22.3. The summed E-state index contributed by atoms with van der Waals surface area (Å²) < 4.78 is 55.1. The molecule has 202 valence electrons. The molecule has 38 heavy (non-hydrogen) atoms. The van der Waals surface area contributed by atoms with Gasteiger partial charge in [0.25, 0.3) is 10.0 Å². The van der Waals surface area contributed by atoms with Gasteiger partial charge in [-0.1, -0.05) is 37.3 Å². The highest BCUT2D eigenvalue weighted by Gasteiger charge is 2.32. The Balaban J connectivity index is 1.99. The molecule has 2 amide bonds. The van der Waals surface area contributed by atoms with E-state index in [2.05, 4.69) is 5.32 Å². The van der Waals surface area contributed by atoms with Gasteiger partial charge < -0.3 is 10.2 Å². The normalized spacial score (nSPS) is 12.9. The van der Waals surface area contributed by atoms with Crippen LogP contribution >= 0.6 is 0 Å². The topological polar surface area (TPSA) is 86.8 Å². The third-order valence-corrected chi connectivity index (χ3v) is 7.95. The number of nitrogens with zero attached hydrogens (tertiary/aromatic N) is 2. The minimum absolute atomic E-state index is 0.0482. The van der Waals surface area contributed by atoms with Gasteiger partial charge in [0.1, 0.15) is 24.2 Å². The number of carbonyl (C=O) groups excluding carboxylic acids is 2. The molecule has 1 N–H and O–H groups in total. The number of halogens is 2. The van der Waals surface area contributed by atoms with Crippen LogP contribution in [-0.2, 0) is 26.2 Å². The second-order valence-electron chi connectivity index (χ2n) is 8.94. The van der Waals surface area contributed by atoms with Crippen LogP contribution in [0, 0.1) is 11.6 Å². The van der Waals surface area contributed by atoms with E-state index in [1.807, 2.05) is 13.8 Å². The van der Waals surface area contributed by atoms with Crippen LogP contribution in [0.2, 0.25) is 0 Å². The molecule has 7 nitrogen and oxygen atoms in total. The van der Waals surface area contributed by atoms with E-state index in [1.54, 1.807) is 25.1 Å². The first kappa shape index (κ1) is 28.8. The number of benzene rings is 3. The van der Waals surface area contributed by atoms with Crippen LogP contribution in [-0.4, -0.2) is 43.8 Å². The van der Waals surface area contributed by atoms with Gasteiger partial charge in [-0.2, -0.15) is 0 Å². The summed E-state index contributed by atoms with van der Waals surface area (Å²) in [6.45, 7) is 4.64. The largest absolute Gasteiger partial charge is 0.352 e. The number of carbonyl (C=O) groups is 2. The number of hydrogen-bond acceptors (Lipinski definition) is 4. The third-order valence-electron chi connectivity index (χ3n) is 6.16. The van der Waals surface area contributed by atoms with Crippen LogP contribution in [0.25, 0.3) is 0 Å². The minimum atomic E-state index is -4.28. The molecule has 0 spiro atoms. The lowest BCUT2D eigenvalue weighted by Crippen LogP contribution is -2.52. The molecule has 0 aromatic heterocycles. The van der Waals surface area contributed by atoms with Crippen LogP contribution in [0.1, 0.15) is 32.8 Å². The van der Waals surface area contributed by atoms with Crippen molar-refractivity contribution < 1.29 is 26.8 Å². The van der Waals surface area contributed by atoms with Crippen LogP contribution in [0.5, 0.6) is 0 Å². The number of amides is 2. The molecule has 0 unspecified atom stereocenters. The van der Waals surface area contributed by atoms with Gasteiger partial charge in [0.2, 0.25) is 11.8 Å². The Morgan fingerprint density at radius 3 is 1.97 bits per heavy atom. The van der Waals surface area contributed by atoms with Crippen LogP contribution in [0.4, 0.5) is 14.5 Å². The van der Waals surface area contributed by atoms with E-state index in [9.17, 15) is 26.8 Å². The SMILES string of the molecule is CC[C@H](C)NC(=O)[C@H](C)N(Cc1ccc(F)cc1)C(=O)CN(c1ccccc1)S(=O)(=O)c1ccc(F)cc1. The zero-order valence-electron chi connectivity index (χ0n) is 21.5. The van der Waals surface area contributed by atoms with Crippen molar-refractivity contribution in [3.8, 4) is 0 Å². The summed E-state index contributed by atoms with van der Waals surface area (Å²) in [4.78, 5) is 27.8. The van der Waals surface area contributed by atoms with Gasteiger partial charge in [0, 0.05) is 12.6 Å². The van der Waals surface area contributed by atoms with Crippen molar-refractivity contribution in [3.05, 3.63) is 96.1 Å². The van der Waals surface area contributed by atoms with Gasteiger partial charge in [-0.3, -0.25) is 13.9 Å². The van der Waals surface area contributed by atoms with Crippen molar-refractivity contribution in [1.82, 2.24) is 10.2 Å². The van der Waals surface area contributed by atoms with Crippen molar-refractivity contribution in [2.75, 3.05) is 10.8 Å². The van der Waals surface area contributed by atoms with Crippen molar-refractivity contribution in [2.24, 2.45) is 0 Å². The third kappa shape index (κ3) is 7.16. The molecule has 3 rings (SSSR count). The zero-order chi connectivity index (χ0) is 27.9. The maximum atomic E-state index is 13.7. The Hall–Kier alpha value is -3.79. The predicted octanol–water partition coefficient (Wildman–Crippen LogP) is 4.49. The minimum Gasteiger partial charge on any atom is -0.352 e. The Morgan fingerprint density at radius 2 is 1.42 bits per heavy atom. The number of sulfonamides is 1. The fourth-order valence-electron chi connectivity index (χ4n) is 3.69. The van der Waals surface area contributed by atoms with Crippen molar-refractivity contribution in [1.29, 1.82) is 0 Å². The summed E-state index contributed by atoms with van der Waals surface area (Å²) in [6.07, 6.45) is 0.683. The Labute approximate surface area is 222 Å². The molecule has 0 heterocycles. The van der Waals surface area contributed by atoms with E-state index in [0.29, 0.717) is 12.0 Å². The summed E-state index contributed by atoms with van der Waals surface area (Å²) in [7, 11) is -4.28. The molecular formula is C28H31F2N3O4S. The van der Waals surface area contributed by atoms with Gasteiger partial charge in [-0.25, -0.2) is 17.2 Å². The maximum Gasteiger partial charge on any atom is 0.264 e. The summed E-state index contributed by atoms with van der Waals surface area (Å²) in [6, 6.07) is 16.8. The summed E-state index contributed by atoms with van der Waals surface area (Å²) in [5, 5.41) is 2.85. The lowest BCUT2D eigenvalue weighted by atomic mass is 10.1. The standard InChI is InChI=1S/C28H31F2N3O4S/c1-4-20(2)31-28(35)21(3)32(18-22-10-12-23(29)13-11-22)27(34)19-33(25-8-6-5-7-9-25)38(36,37)26-16-14-24(30)15-17-26/h5-17,20-21H,4,18-19H2,1-3H3,(H,31,35)/t20-,21-/m0/s1. The van der Waals surface area contributed by atoms with Crippen LogP contribution in [0.15, 0.2) is 83.8 Å². The molecule has 10 heteroatoms. The molecule has 3 aromatic rings. The lowest BCUT2D eigenvalue weighted by molar-refractivity contribution is -0.139. The molecule has 0 saturated carbocycles. The first-order valence-corrected chi connectivity index (χ1v) is 13.6. The van der Waals surface area contributed by atoms with Crippen LogP contribution < -0.4 is 9.62 Å². The molecule has 2 atom stereocenters. The highest BCUT2D eigenvalue weighted by Crippen LogP contribution is 2.24. The summed E-state index contributed by atoms with van der Waals surface area (Å²) in [5.74, 6) is -2.09. The fourth-order valence-corrected chi connectivity index (χ4v) is 5.11. The number of hydrogen-bond donors (Lipinski definition) is 1. The van der Waals surface area contributed by atoms with Gasteiger partial charge in [-0.15, -0.1) is 0 Å². The quantitative estimate of drug-likeness (QED) is 0.386. The smallest absolute Gasteiger partial charge is 0.264 e. The number of rotatable bonds is 11. The molecule has 0 aliphatic rings. The molecule has 0 saturated heterocycles. The second-order valence-corrected chi connectivity index (χ2v) is 10.8. The van der Waals surface area contributed by atoms with E-state index in [-0.39, 0.29) is 23.2 Å². The van der Waals surface area contributed by atoms with Gasteiger partial charge in [0.15, 0.2) is 0 Å². The molecule has 3 aromatic carbocycles. The lowest BCUT2D eigenvalue weighted by Gasteiger charge is -2.32. The number of anilines is 1. The van der Waals surface area contributed by atoms with E-state index in [4.69, 9.17) is 0 Å². The highest BCUT2D eigenvalue weighted by molar-refractivity contribution is 7.92. The Morgan fingerprint density at radius 1 is 0.868 bits per heavy atom. The van der Waals surface area contributed by atoms with Crippen molar-refractivity contribution in [3.63, 3.8) is 0 Å². The molecule has 0 aliphatic carbocycles. The van der Waals surface area contributed by atoms with E-state index in [0.717, 1.165) is 28.6 Å². The average molecular weight is 544 g/mol. The Kier molecular flexibility index (Phi) is 9.57. The Bertz CT molecular complexity index is 1330. The van der Waals surface area contributed by atoms with Gasteiger partial charge >= 0.3 is 0 Å². The fraction of sp³-hybridized carbons (Fsp3) is 0.286.